The number of pyridine rings is 1. The number of hydrogen-bond acceptors (Lipinski definition) is 5. The summed E-state index contributed by atoms with van der Waals surface area (Å²) in [6, 6.07) is 8.51. The van der Waals surface area contributed by atoms with Crippen LogP contribution in [0.1, 0.15) is 10.5 Å². The highest BCUT2D eigenvalue weighted by atomic mass is 19.1. The van der Waals surface area contributed by atoms with Gasteiger partial charge in [0.25, 0.3) is 5.91 Å². The lowest BCUT2D eigenvalue weighted by Crippen LogP contribution is -2.49. The molecule has 0 radical (unpaired) electrons. The summed E-state index contributed by atoms with van der Waals surface area (Å²) in [5.74, 6) is -0.251. The summed E-state index contributed by atoms with van der Waals surface area (Å²) in [5, 5.41) is 6.88. The molecule has 8 heteroatoms. The molecule has 4 rings (SSSR count). The SMILES string of the molecule is COc1cc(N2CCN(C(=O)c3[nH]ncc3-c3ccncc3)CC2)ccc1F. The smallest absolute Gasteiger partial charge is 0.272 e. The van der Waals surface area contributed by atoms with Crippen molar-refractivity contribution < 1.29 is 13.9 Å². The third-order valence-corrected chi connectivity index (χ3v) is 4.91. The van der Waals surface area contributed by atoms with Gasteiger partial charge in [0.15, 0.2) is 11.6 Å². The highest BCUT2D eigenvalue weighted by Gasteiger charge is 2.26. The third-order valence-electron chi connectivity index (χ3n) is 4.91. The van der Waals surface area contributed by atoms with Crippen molar-refractivity contribution in [2.75, 3.05) is 38.2 Å². The molecule has 7 nitrogen and oxygen atoms in total. The van der Waals surface area contributed by atoms with E-state index in [9.17, 15) is 9.18 Å². The highest BCUT2D eigenvalue weighted by Crippen LogP contribution is 2.26. The third kappa shape index (κ3) is 3.40. The number of aromatic amines is 1. The summed E-state index contributed by atoms with van der Waals surface area (Å²) < 4.78 is 18.7. The van der Waals surface area contributed by atoms with E-state index in [-0.39, 0.29) is 17.5 Å². The molecule has 144 valence electrons. The number of aromatic nitrogens is 3. The van der Waals surface area contributed by atoms with Gasteiger partial charge in [-0.05, 0) is 29.8 Å². The first-order chi connectivity index (χ1) is 13.7. The fourth-order valence-electron chi connectivity index (χ4n) is 3.37. The van der Waals surface area contributed by atoms with E-state index >= 15 is 0 Å². The van der Waals surface area contributed by atoms with Crippen LogP contribution in [0.2, 0.25) is 0 Å². The van der Waals surface area contributed by atoms with Crippen molar-refractivity contribution in [3.8, 4) is 16.9 Å². The molecule has 3 heterocycles. The van der Waals surface area contributed by atoms with Crippen LogP contribution in [0.15, 0.2) is 48.9 Å². The molecule has 3 aromatic rings. The van der Waals surface area contributed by atoms with Gasteiger partial charge in [-0.2, -0.15) is 5.10 Å². The highest BCUT2D eigenvalue weighted by molar-refractivity contribution is 5.99. The van der Waals surface area contributed by atoms with E-state index < -0.39 is 0 Å². The van der Waals surface area contributed by atoms with Crippen molar-refractivity contribution in [2.24, 2.45) is 0 Å². The van der Waals surface area contributed by atoms with Crippen molar-refractivity contribution in [3.05, 3.63) is 60.4 Å². The average molecular weight is 381 g/mol. The Morgan fingerprint density at radius 2 is 1.89 bits per heavy atom. The molecule has 1 saturated heterocycles. The van der Waals surface area contributed by atoms with Crippen LogP contribution in [0.25, 0.3) is 11.1 Å². The van der Waals surface area contributed by atoms with Crippen LogP contribution in [0, 0.1) is 5.82 Å². The lowest BCUT2D eigenvalue weighted by atomic mass is 10.1. The number of amides is 1. The molecule has 1 N–H and O–H groups in total. The lowest BCUT2D eigenvalue weighted by molar-refractivity contribution is 0.0741. The van der Waals surface area contributed by atoms with Gasteiger partial charge < -0.3 is 14.5 Å². The van der Waals surface area contributed by atoms with E-state index in [0.29, 0.717) is 31.9 Å². The minimum atomic E-state index is -0.386. The summed E-state index contributed by atoms with van der Waals surface area (Å²) in [6.07, 6.45) is 5.03. The number of hydrogen-bond donors (Lipinski definition) is 1. The van der Waals surface area contributed by atoms with Crippen molar-refractivity contribution in [1.29, 1.82) is 0 Å². The summed E-state index contributed by atoms with van der Waals surface area (Å²) in [4.78, 5) is 20.9. The van der Waals surface area contributed by atoms with Gasteiger partial charge in [-0.15, -0.1) is 0 Å². The maximum Gasteiger partial charge on any atom is 0.272 e. The topological polar surface area (TPSA) is 74.3 Å². The van der Waals surface area contributed by atoms with Gasteiger partial charge >= 0.3 is 0 Å². The summed E-state index contributed by atoms with van der Waals surface area (Å²) in [5.41, 5.74) is 3.01. The number of carbonyl (C=O) groups excluding carboxylic acids is 1. The van der Waals surface area contributed by atoms with Gasteiger partial charge in [-0.3, -0.25) is 14.9 Å². The maximum absolute atomic E-state index is 13.6. The number of ether oxygens (including phenoxy) is 1. The molecule has 0 unspecified atom stereocenters. The molecule has 28 heavy (non-hydrogen) atoms. The zero-order valence-electron chi connectivity index (χ0n) is 15.4. The van der Waals surface area contributed by atoms with Crippen molar-refractivity contribution in [2.45, 2.75) is 0 Å². The molecule has 1 aliphatic heterocycles. The van der Waals surface area contributed by atoms with E-state index in [1.165, 1.54) is 13.2 Å². The standard InChI is InChI=1S/C20H20FN5O2/c1-28-18-12-15(2-3-17(18)21)25-8-10-26(11-9-25)20(27)19-16(13-23-24-19)14-4-6-22-7-5-14/h2-7,12-13H,8-11H2,1H3,(H,23,24). The molecule has 0 saturated carbocycles. The van der Waals surface area contributed by atoms with Crippen LogP contribution >= 0.6 is 0 Å². The second-order valence-electron chi connectivity index (χ2n) is 6.49. The fraction of sp³-hybridized carbons (Fsp3) is 0.250. The Bertz CT molecular complexity index is 968. The predicted molar refractivity (Wildman–Crippen MR) is 103 cm³/mol. The first-order valence-corrected chi connectivity index (χ1v) is 8.99. The Morgan fingerprint density at radius 3 is 2.61 bits per heavy atom. The van der Waals surface area contributed by atoms with E-state index in [1.54, 1.807) is 35.6 Å². The average Bonchev–Trinajstić information content (AvgIpc) is 3.24. The summed E-state index contributed by atoms with van der Waals surface area (Å²) >= 11 is 0. The zero-order chi connectivity index (χ0) is 19.5. The van der Waals surface area contributed by atoms with Crippen LogP contribution in [0.5, 0.6) is 5.75 Å². The Morgan fingerprint density at radius 1 is 1.14 bits per heavy atom. The largest absolute Gasteiger partial charge is 0.494 e. The molecule has 1 amide bonds. The number of halogens is 1. The molecule has 0 aliphatic carbocycles. The maximum atomic E-state index is 13.6. The molecule has 0 atom stereocenters. The van der Waals surface area contributed by atoms with Crippen LogP contribution in [-0.4, -0.2) is 59.3 Å². The molecule has 0 bridgehead atoms. The van der Waals surface area contributed by atoms with E-state index in [2.05, 4.69) is 20.1 Å². The number of H-pyrrole nitrogens is 1. The van der Waals surface area contributed by atoms with Crippen molar-refractivity contribution in [3.63, 3.8) is 0 Å². The van der Waals surface area contributed by atoms with Gasteiger partial charge in [0, 0.05) is 55.9 Å². The van der Waals surface area contributed by atoms with Crippen LogP contribution in [-0.2, 0) is 0 Å². The van der Waals surface area contributed by atoms with E-state index in [4.69, 9.17) is 4.74 Å². The minimum Gasteiger partial charge on any atom is -0.494 e. The first-order valence-electron chi connectivity index (χ1n) is 8.99. The Kier molecular flexibility index (Phi) is 4.92. The van der Waals surface area contributed by atoms with Gasteiger partial charge in [-0.25, -0.2) is 4.39 Å². The molecule has 0 spiro atoms. The van der Waals surface area contributed by atoms with Crippen LogP contribution < -0.4 is 9.64 Å². The predicted octanol–water partition coefficient (Wildman–Crippen LogP) is 2.58. The normalized spacial score (nSPS) is 14.2. The van der Waals surface area contributed by atoms with Gasteiger partial charge in [0.05, 0.1) is 13.3 Å². The lowest BCUT2D eigenvalue weighted by Gasteiger charge is -2.36. The van der Waals surface area contributed by atoms with Gasteiger partial charge in [0.2, 0.25) is 0 Å². The Hall–Kier alpha value is -3.42. The minimum absolute atomic E-state index is 0.0827. The quantitative estimate of drug-likeness (QED) is 0.752. The number of nitrogens with one attached hydrogen (secondary N) is 1. The number of benzene rings is 1. The number of methoxy groups -OCH3 is 1. The molecule has 2 aromatic heterocycles. The van der Waals surface area contributed by atoms with E-state index in [1.807, 2.05) is 12.1 Å². The van der Waals surface area contributed by atoms with Gasteiger partial charge in [0.1, 0.15) is 5.69 Å². The monoisotopic (exact) mass is 381 g/mol. The molecular formula is C20H20FN5O2. The molecule has 1 aromatic carbocycles. The Balaban J connectivity index is 1.46. The first kappa shape index (κ1) is 18.0. The molecular weight excluding hydrogens is 361 g/mol. The van der Waals surface area contributed by atoms with Crippen LogP contribution in [0.4, 0.5) is 10.1 Å². The van der Waals surface area contributed by atoms with E-state index in [0.717, 1.165) is 16.8 Å². The van der Waals surface area contributed by atoms with Crippen molar-refractivity contribution in [1.82, 2.24) is 20.1 Å². The van der Waals surface area contributed by atoms with Crippen LogP contribution in [0.3, 0.4) is 0 Å². The number of piperazine rings is 1. The summed E-state index contributed by atoms with van der Waals surface area (Å²) in [7, 11) is 1.45. The number of nitrogens with zero attached hydrogens (tertiary/aromatic N) is 4. The zero-order valence-corrected chi connectivity index (χ0v) is 15.4. The molecule has 1 fully saturated rings. The van der Waals surface area contributed by atoms with Crippen molar-refractivity contribution >= 4 is 11.6 Å². The second-order valence-corrected chi connectivity index (χ2v) is 6.49. The number of carbonyl (C=O) groups is 1. The van der Waals surface area contributed by atoms with Gasteiger partial charge in [-0.1, -0.05) is 0 Å². The number of rotatable bonds is 4. The Labute approximate surface area is 161 Å². The number of anilines is 1. The summed E-state index contributed by atoms with van der Waals surface area (Å²) in [6.45, 7) is 2.43. The molecule has 1 aliphatic rings. The fourth-order valence-corrected chi connectivity index (χ4v) is 3.37. The second kappa shape index (κ2) is 7.67.